The molecule has 5 rings (SSSR count). The van der Waals surface area contributed by atoms with Gasteiger partial charge in [-0.05, 0) is 70.8 Å². The van der Waals surface area contributed by atoms with E-state index < -0.39 is 0 Å². The second-order valence-corrected chi connectivity index (χ2v) is 11.8. The Labute approximate surface area is 230 Å². The van der Waals surface area contributed by atoms with Gasteiger partial charge < -0.3 is 21.1 Å². The van der Waals surface area contributed by atoms with Crippen molar-refractivity contribution >= 4 is 39.7 Å². The molecule has 1 aliphatic carbocycles. The first-order chi connectivity index (χ1) is 18.5. The highest BCUT2D eigenvalue weighted by Gasteiger charge is 2.29. The fourth-order valence-corrected chi connectivity index (χ4v) is 6.59. The minimum Gasteiger partial charge on any atom is -0.403 e. The van der Waals surface area contributed by atoms with Crippen LogP contribution in [0.3, 0.4) is 0 Å². The number of aliphatic imine (C=N–C) groups is 1. The van der Waals surface area contributed by atoms with Crippen LogP contribution in [0.25, 0.3) is 10.2 Å². The number of hydrogen-bond donors (Lipinski definition) is 3. The van der Waals surface area contributed by atoms with E-state index in [1.165, 1.54) is 56.8 Å². The van der Waals surface area contributed by atoms with E-state index in [0.29, 0.717) is 29.8 Å². The summed E-state index contributed by atoms with van der Waals surface area (Å²) in [5, 5.41) is 8.05. The Morgan fingerprint density at radius 2 is 1.82 bits per heavy atom. The lowest BCUT2D eigenvalue weighted by Gasteiger charge is -2.43. The number of nitrogens with one attached hydrogen (secondary N) is 2. The Hall–Kier alpha value is -2.34. The Kier molecular flexibility index (Phi) is 9.08. The standard InChI is InChI=1S/C27H43N9OS/c1-18(2)35-10-12-36(13-11-35)23-6-4-21(5-7-23)30-25-24-19(3)34-38-26(24)33-27(32-25)31-22(16-28)17-29-20-8-14-37-15-9-20/h16-18,20-21,23H,4-15,28H2,1-3H3,(H2,30,31,32,33). The molecule has 2 aliphatic heterocycles. The maximum absolute atomic E-state index is 5.91. The summed E-state index contributed by atoms with van der Waals surface area (Å²) >= 11 is 1.41. The van der Waals surface area contributed by atoms with E-state index in [0.717, 1.165) is 60.6 Å². The number of aromatic nitrogens is 3. The first-order valence-corrected chi connectivity index (χ1v) is 15.0. The van der Waals surface area contributed by atoms with Crippen molar-refractivity contribution in [1.29, 1.82) is 0 Å². The van der Waals surface area contributed by atoms with Crippen LogP contribution in [-0.2, 0) is 4.74 Å². The van der Waals surface area contributed by atoms with E-state index in [-0.39, 0.29) is 6.04 Å². The Morgan fingerprint density at radius 3 is 2.50 bits per heavy atom. The van der Waals surface area contributed by atoms with Gasteiger partial charge in [0.15, 0.2) is 4.83 Å². The van der Waals surface area contributed by atoms with Gasteiger partial charge in [-0.2, -0.15) is 14.3 Å². The Balaban J connectivity index is 1.22. The van der Waals surface area contributed by atoms with Gasteiger partial charge >= 0.3 is 0 Å². The quantitative estimate of drug-likeness (QED) is 0.431. The average Bonchev–Trinajstić information content (AvgIpc) is 3.32. The number of fused-ring (bicyclic) bond motifs is 1. The molecule has 4 N–H and O–H groups in total. The third-order valence-electron chi connectivity index (χ3n) is 8.19. The number of aryl methyl sites for hydroxylation is 1. The predicted octanol–water partition coefficient (Wildman–Crippen LogP) is 3.61. The van der Waals surface area contributed by atoms with E-state index in [2.05, 4.69) is 43.6 Å². The van der Waals surface area contributed by atoms with Crippen molar-refractivity contribution in [2.45, 2.75) is 83.5 Å². The maximum Gasteiger partial charge on any atom is 0.230 e. The van der Waals surface area contributed by atoms with Crippen molar-refractivity contribution < 1.29 is 4.74 Å². The summed E-state index contributed by atoms with van der Waals surface area (Å²) in [4.78, 5) is 20.5. The van der Waals surface area contributed by atoms with Crippen LogP contribution in [0.1, 0.15) is 58.1 Å². The summed E-state index contributed by atoms with van der Waals surface area (Å²) in [7, 11) is 0. The molecule has 0 amide bonds. The molecular formula is C27H43N9OS. The molecule has 0 aromatic carbocycles. The number of ether oxygens (including phenoxy) is 1. The topological polar surface area (TPSA) is 117 Å². The maximum atomic E-state index is 5.91. The van der Waals surface area contributed by atoms with Gasteiger partial charge in [-0.25, -0.2) is 0 Å². The number of rotatable bonds is 8. The van der Waals surface area contributed by atoms with Crippen LogP contribution in [-0.4, -0.2) is 93.9 Å². The third-order valence-corrected chi connectivity index (χ3v) is 9.02. The lowest BCUT2D eigenvalue weighted by atomic mass is 9.89. The largest absolute Gasteiger partial charge is 0.403 e. The van der Waals surface area contributed by atoms with Gasteiger partial charge in [0.2, 0.25) is 5.95 Å². The van der Waals surface area contributed by atoms with Gasteiger partial charge in [0.25, 0.3) is 0 Å². The Morgan fingerprint density at radius 1 is 1.08 bits per heavy atom. The number of nitrogens with zero attached hydrogens (tertiary/aromatic N) is 6. The average molecular weight is 542 g/mol. The smallest absolute Gasteiger partial charge is 0.230 e. The zero-order valence-electron chi connectivity index (χ0n) is 23.0. The molecule has 0 atom stereocenters. The summed E-state index contributed by atoms with van der Waals surface area (Å²) in [6, 6.07) is 2.00. The lowest BCUT2D eigenvalue weighted by molar-refractivity contribution is 0.0631. The van der Waals surface area contributed by atoms with Crippen LogP contribution >= 0.6 is 11.5 Å². The lowest BCUT2D eigenvalue weighted by Crippen LogP contribution is -2.53. The van der Waals surface area contributed by atoms with Gasteiger partial charge in [-0.1, -0.05) is 0 Å². The van der Waals surface area contributed by atoms with Gasteiger partial charge in [-0.3, -0.25) is 14.8 Å². The molecule has 208 valence electrons. The number of nitrogens with two attached hydrogens (primary N) is 1. The fraction of sp³-hybridized carbons (Fsp3) is 0.704. The molecule has 2 aromatic heterocycles. The van der Waals surface area contributed by atoms with E-state index in [9.17, 15) is 0 Å². The minimum absolute atomic E-state index is 0.263. The zero-order chi connectivity index (χ0) is 26.5. The third kappa shape index (κ3) is 6.62. The summed E-state index contributed by atoms with van der Waals surface area (Å²) in [5.74, 6) is 1.37. The normalized spacial score (nSPS) is 25.0. The van der Waals surface area contributed by atoms with E-state index in [4.69, 9.17) is 20.4 Å². The number of anilines is 2. The molecule has 4 heterocycles. The molecule has 2 aromatic rings. The highest BCUT2D eigenvalue weighted by Crippen LogP contribution is 2.32. The van der Waals surface area contributed by atoms with Crippen LogP contribution in [0.4, 0.5) is 11.8 Å². The van der Waals surface area contributed by atoms with Gasteiger partial charge in [0.05, 0.1) is 22.8 Å². The van der Waals surface area contributed by atoms with Crippen molar-refractivity contribution in [3.63, 3.8) is 0 Å². The molecule has 0 bridgehead atoms. The molecule has 2 saturated heterocycles. The summed E-state index contributed by atoms with van der Waals surface area (Å²) in [6.07, 6.45) is 9.91. The summed E-state index contributed by atoms with van der Waals surface area (Å²) in [6.45, 7) is 12.9. The zero-order valence-corrected chi connectivity index (χ0v) is 23.8. The van der Waals surface area contributed by atoms with Crippen LogP contribution < -0.4 is 16.4 Å². The summed E-state index contributed by atoms with van der Waals surface area (Å²) < 4.78 is 9.99. The number of hydrogen-bond acceptors (Lipinski definition) is 11. The van der Waals surface area contributed by atoms with Gasteiger partial charge in [0.1, 0.15) is 5.82 Å². The first kappa shape index (κ1) is 27.2. The first-order valence-electron chi connectivity index (χ1n) is 14.2. The van der Waals surface area contributed by atoms with Crippen LogP contribution in [0.2, 0.25) is 0 Å². The van der Waals surface area contributed by atoms with E-state index in [1.54, 1.807) is 6.21 Å². The Bertz CT molecular complexity index is 1110. The highest BCUT2D eigenvalue weighted by atomic mass is 32.1. The molecule has 0 unspecified atom stereocenters. The van der Waals surface area contributed by atoms with Crippen molar-refractivity contribution in [2.75, 3.05) is 50.0 Å². The molecule has 10 nitrogen and oxygen atoms in total. The highest BCUT2D eigenvalue weighted by molar-refractivity contribution is 7.13. The minimum atomic E-state index is 0.263. The van der Waals surface area contributed by atoms with Crippen molar-refractivity contribution in [2.24, 2.45) is 10.7 Å². The van der Waals surface area contributed by atoms with Crippen LogP contribution in [0, 0.1) is 6.92 Å². The SMILES string of the molecule is Cc1nsc2nc(NC(C=NC3CCOCC3)=CN)nc(NC3CCC(N4CCN(C(C)C)CC4)CC3)c12. The van der Waals surface area contributed by atoms with Crippen molar-refractivity contribution in [3.8, 4) is 0 Å². The predicted molar refractivity (Wildman–Crippen MR) is 156 cm³/mol. The molecule has 11 heteroatoms. The van der Waals surface area contributed by atoms with Crippen LogP contribution in [0.15, 0.2) is 16.9 Å². The van der Waals surface area contributed by atoms with E-state index in [1.807, 2.05) is 6.92 Å². The molecule has 0 spiro atoms. The molecular weight excluding hydrogens is 498 g/mol. The van der Waals surface area contributed by atoms with Gasteiger partial charge in [0, 0.05) is 69.9 Å². The second kappa shape index (κ2) is 12.7. The molecule has 1 saturated carbocycles. The molecule has 3 fully saturated rings. The van der Waals surface area contributed by atoms with Crippen molar-refractivity contribution in [3.05, 3.63) is 17.6 Å². The fourth-order valence-electron chi connectivity index (χ4n) is 5.81. The molecule has 0 radical (unpaired) electrons. The monoisotopic (exact) mass is 541 g/mol. The molecule has 38 heavy (non-hydrogen) atoms. The summed E-state index contributed by atoms with van der Waals surface area (Å²) in [5.41, 5.74) is 7.56. The van der Waals surface area contributed by atoms with Crippen molar-refractivity contribution in [1.82, 2.24) is 24.1 Å². The van der Waals surface area contributed by atoms with E-state index >= 15 is 0 Å². The number of allylic oxidation sites excluding steroid dienone is 1. The second-order valence-electron chi connectivity index (χ2n) is 11.0. The van der Waals surface area contributed by atoms with Gasteiger partial charge in [-0.15, -0.1) is 0 Å². The van der Waals surface area contributed by atoms with Crippen LogP contribution in [0.5, 0.6) is 0 Å². The number of piperazine rings is 1. The molecule has 3 aliphatic rings.